The van der Waals surface area contributed by atoms with Crippen molar-refractivity contribution in [2.75, 3.05) is 14.2 Å². The molecule has 26 heavy (non-hydrogen) atoms. The van der Waals surface area contributed by atoms with E-state index >= 15 is 0 Å². The van der Waals surface area contributed by atoms with Crippen molar-refractivity contribution in [3.05, 3.63) is 60.2 Å². The average molecular weight is 350 g/mol. The van der Waals surface area contributed by atoms with Gasteiger partial charge in [0.05, 0.1) is 22.1 Å². The molecule has 0 bridgehead atoms. The van der Waals surface area contributed by atoms with E-state index in [4.69, 9.17) is 19.4 Å². The highest BCUT2D eigenvalue weighted by atomic mass is 16.5. The van der Waals surface area contributed by atoms with Gasteiger partial charge in [-0.05, 0) is 24.3 Å². The minimum Gasteiger partial charge on any atom is -0.370 e. The number of aryl methyl sites for hydroxylation is 2. The Hall–Kier alpha value is -2.70. The number of para-hydroxylation sites is 4. The number of imidazole rings is 2. The van der Waals surface area contributed by atoms with Crippen LogP contribution in [0.3, 0.4) is 0 Å². The van der Waals surface area contributed by atoms with E-state index in [1.165, 1.54) is 0 Å². The number of methoxy groups -OCH3 is 2. The molecular weight excluding hydrogens is 328 g/mol. The molecule has 2 unspecified atom stereocenters. The first-order valence-corrected chi connectivity index (χ1v) is 8.54. The number of fused-ring (bicyclic) bond motifs is 2. The van der Waals surface area contributed by atoms with Crippen molar-refractivity contribution in [1.82, 2.24) is 19.1 Å². The number of nitrogens with zero attached hydrogens (tertiary/aromatic N) is 4. The number of hydrogen-bond acceptors (Lipinski definition) is 4. The molecule has 0 radical (unpaired) electrons. The third kappa shape index (κ3) is 2.50. The predicted molar refractivity (Wildman–Crippen MR) is 101 cm³/mol. The standard InChI is InChI=1S/C20H22N4O2/c1-23-15-11-7-5-9-13(15)21-19(23)17(25-3)18(26-4)20-22-14-10-6-8-12-16(14)24(20)2/h5-12,17-18H,1-4H3. The van der Waals surface area contributed by atoms with Gasteiger partial charge in [-0.2, -0.15) is 0 Å². The topological polar surface area (TPSA) is 54.1 Å². The summed E-state index contributed by atoms with van der Waals surface area (Å²) in [4.78, 5) is 9.56. The Bertz CT molecular complexity index is 980. The van der Waals surface area contributed by atoms with E-state index in [0.717, 1.165) is 33.7 Å². The van der Waals surface area contributed by atoms with Crippen molar-refractivity contribution in [3.63, 3.8) is 0 Å². The van der Waals surface area contributed by atoms with Crippen molar-refractivity contribution in [2.24, 2.45) is 14.1 Å². The summed E-state index contributed by atoms with van der Waals surface area (Å²) in [5.74, 6) is 1.63. The lowest BCUT2D eigenvalue weighted by Gasteiger charge is -2.24. The number of ether oxygens (including phenoxy) is 2. The Labute approximate surface area is 152 Å². The first-order chi connectivity index (χ1) is 12.7. The van der Waals surface area contributed by atoms with Crippen LogP contribution in [0.25, 0.3) is 22.1 Å². The maximum atomic E-state index is 5.84. The van der Waals surface area contributed by atoms with Crippen LogP contribution >= 0.6 is 0 Å². The summed E-state index contributed by atoms with van der Waals surface area (Å²) in [5.41, 5.74) is 3.99. The second kappa shape index (κ2) is 6.55. The third-order valence-electron chi connectivity index (χ3n) is 4.94. The third-order valence-corrected chi connectivity index (χ3v) is 4.94. The first kappa shape index (κ1) is 16.8. The van der Waals surface area contributed by atoms with Gasteiger partial charge in [0.1, 0.15) is 23.9 Å². The lowest BCUT2D eigenvalue weighted by molar-refractivity contribution is -0.0502. The van der Waals surface area contributed by atoms with Crippen LogP contribution in [0.1, 0.15) is 23.9 Å². The highest BCUT2D eigenvalue weighted by Gasteiger charge is 2.32. The van der Waals surface area contributed by atoms with Crippen molar-refractivity contribution in [3.8, 4) is 0 Å². The van der Waals surface area contributed by atoms with Gasteiger partial charge in [0.15, 0.2) is 0 Å². The molecule has 0 saturated heterocycles. The molecule has 0 saturated carbocycles. The molecule has 0 aliphatic rings. The number of rotatable bonds is 5. The Morgan fingerprint density at radius 2 is 1.08 bits per heavy atom. The van der Waals surface area contributed by atoms with Gasteiger partial charge in [0, 0.05) is 28.3 Å². The highest BCUT2D eigenvalue weighted by Crippen LogP contribution is 2.35. The molecule has 0 aliphatic heterocycles. The monoisotopic (exact) mass is 350 g/mol. The summed E-state index contributed by atoms with van der Waals surface area (Å²) in [5, 5.41) is 0. The Morgan fingerprint density at radius 1 is 0.692 bits per heavy atom. The maximum Gasteiger partial charge on any atom is 0.148 e. The molecule has 2 aromatic carbocycles. The van der Waals surface area contributed by atoms with Crippen molar-refractivity contribution in [1.29, 1.82) is 0 Å². The predicted octanol–water partition coefficient (Wildman–Crippen LogP) is 3.54. The van der Waals surface area contributed by atoms with E-state index in [1.807, 2.05) is 50.5 Å². The van der Waals surface area contributed by atoms with Gasteiger partial charge in [0.2, 0.25) is 0 Å². The lowest BCUT2D eigenvalue weighted by atomic mass is 10.1. The SMILES string of the molecule is COC(c1nc2ccccc2n1C)C(OC)c1nc2ccccc2n1C. The van der Waals surface area contributed by atoms with Gasteiger partial charge >= 0.3 is 0 Å². The van der Waals surface area contributed by atoms with Gasteiger partial charge in [-0.15, -0.1) is 0 Å². The van der Waals surface area contributed by atoms with Crippen LogP contribution in [0.5, 0.6) is 0 Å². The molecule has 2 heterocycles. The molecule has 0 aliphatic carbocycles. The van der Waals surface area contributed by atoms with E-state index in [9.17, 15) is 0 Å². The second-order valence-corrected chi connectivity index (χ2v) is 6.35. The normalized spacial score (nSPS) is 14.2. The summed E-state index contributed by atoms with van der Waals surface area (Å²) in [7, 11) is 7.36. The average Bonchev–Trinajstić information content (AvgIpc) is 3.18. The second-order valence-electron chi connectivity index (χ2n) is 6.35. The van der Waals surface area contributed by atoms with Gasteiger partial charge in [-0.25, -0.2) is 9.97 Å². The Kier molecular flexibility index (Phi) is 4.22. The zero-order valence-corrected chi connectivity index (χ0v) is 15.4. The molecule has 4 aromatic rings. The van der Waals surface area contributed by atoms with E-state index in [1.54, 1.807) is 14.2 Å². The fourth-order valence-electron chi connectivity index (χ4n) is 3.57. The molecular formula is C20H22N4O2. The maximum absolute atomic E-state index is 5.84. The molecule has 0 amide bonds. The first-order valence-electron chi connectivity index (χ1n) is 8.54. The van der Waals surface area contributed by atoms with Crippen LogP contribution in [0.2, 0.25) is 0 Å². The molecule has 0 N–H and O–H groups in total. The van der Waals surface area contributed by atoms with E-state index in [-0.39, 0.29) is 12.2 Å². The summed E-state index contributed by atoms with van der Waals surface area (Å²) in [6, 6.07) is 16.1. The highest BCUT2D eigenvalue weighted by molar-refractivity contribution is 5.76. The van der Waals surface area contributed by atoms with Crippen LogP contribution in [-0.4, -0.2) is 33.3 Å². The summed E-state index contributed by atoms with van der Waals surface area (Å²) in [6.07, 6.45) is -0.763. The van der Waals surface area contributed by atoms with Crippen molar-refractivity contribution < 1.29 is 9.47 Å². The fourth-order valence-corrected chi connectivity index (χ4v) is 3.57. The van der Waals surface area contributed by atoms with E-state index in [2.05, 4.69) is 21.3 Å². The lowest BCUT2D eigenvalue weighted by Crippen LogP contribution is -2.21. The molecule has 2 aromatic heterocycles. The van der Waals surface area contributed by atoms with Gasteiger partial charge in [-0.1, -0.05) is 24.3 Å². The minimum absolute atomic E-state index is 0.382. The van der Waals surface area contributed by atoms with Gasteiger partial charge in [-0.3, -0.25) is 0 Å². The molecule has 4 rings (SSSR count). The van der Waals surface area contributed by atoms with Crippen molar-refractivity contribution in [2.45, 2.75) is 12.2 Å². The van der Waals surface area contributed by atoms with Gasteiger partial charge in [0.25, 0.3) is 0 Å². The van der Waals surface area contributed by atoms with Crippen LogP contribution in [0, 0.1) is 0 Å². The largest absolute Gasteiger partial charge is 0.370 e. The number of benzene rings is 2. The van der Waals surface area contributed by atoms with E-state index in [0.29, 0.717) is 0 Å². The molecule has 6 nitrogen and oxygen atoms in total. The van der Waals surface area contributed by atoms with Crippen LogP contribution < -0.4 is 0 Å². The Morgan fingerprint density at radius 3 is 1.42 bits per heavy atom. The fraction of sp³-hybridized carbons (Fsp3) is 0.300. The van der Waals surface area contributed by atoms with Crippen molar-refractivity contribution >= 4 is 22.1 Å². The quantitative estimate of drug-likeness (QED) is 0.552. The number of aromatic nitrogens is 4. The summed E-state index contributed by atoms with van der Waals surface area (Å²) in [6.45, 7) is 0. The summed E-state index contributed by atoms with van der Waals surface area (Å²) >= 11 is 0. The number of hydrogen-bond donors (Lipinski definition) is 0. The molecule has 134 valence electrons. The molecule has 0 fully saturated rings. The van der Waals surface area contributed by atoms with Gasteiger partial charge < -0.3 is 18.6 Å². The molecule has 6 heteroatoms. The molecule has 0 spiro atoms. The smallest absolute Gasteiger partial charge is 0.148 e. The summed E-state index contributed by atoms with van der Waals surface area (Å²) < 4.78 is 15.8. The van der Waals surface area contributed by atoms with E-state index < -0.39 is 0 Å². The van der Waals surface area contributed by atoms with Crippen LogP contribution in [-0.2, 0) is 23.6 Å². The minimum atomic E-state index is -0.382. The zero-order valence-electron chi connectivity index (χ0n) is 15.4. The van der Waals surface area contributed by atoms with Crippen LogP contribution in [0.15, 0.2) is 48.5 Å². The Balaban J connectivity index is 1.84. The molecule has 2 atom stereocenters. The zero-order chi connectivity index (χ0) is 18.3. The van der Waals surface area contributed by atoms with Crippen LogP contribution in [0.4, 0.5) is 0 Å².